The topological polar surface area (TPSA) is 34.1 Å². The van der Waals surface area contributed by atoms with Crippen molar-refractivity contribution < 1.29 is 21.1 Å². The Morgan fingerprint density at radius 3 is 2.40 bits per heavy atom. The van der Waals surface area contributed by atoms with Gasteiger partial charge >= 0.3 is 10.2 Å². The first kappa shape index (κ1) is 12.3. The highest BCUT2D eigenvalue weighted by Gasteiger charge is 2.14. The number of hydrogen-bond donors (Lipinski definition) is 0. The van der Waals surface area contributed by atoms with Crippen molar-refractivity contribution in [1.29, 1.82) is 0 Å². The second kappa shape index (κ2) is 4.40. The van der Waals surface area contributed by atoms with Gasteiger partial charge in [0.15, 0.2) is 0 Å². The van der Waals surface area contributed by atoms with Crippen molar-refractivity contribution in [2.45, 2.75) is 6.42 Å². The van der Waals surface area contributed by atoms with Crippen LogP contribution in [-0.2, 0) is 16.6 Å². The number of hydrogen-bond acceptors (Lipinski definition) is 2. The fraction of sp³-hybridized carbons (Fsp3) is 0.250. The first-order valence-corrected chi connectivity index (χ1v) is 5.79. The lowest BCUT2D eigenvalue weighted by Crippen LogP contribution is -2.04. The third-order valence-electron chi connectivity index (χ3n) is 1.73. The molecule has 0 N–H and O–H groups in total. The smallest absolute Gasteiger partial charge is 0.205 e. The number of benzene rings is 1. The normalized spacial score (nSPS) is 11.7. The first-order valence-electron chi connectivity index (χ1n) is 3.86. The molecule has 0 heterocycles. The zero-order chi connectivity index (χ0) is 11.6. The molecule has 0 atom stereocenters. The maximum absolute atomic E-state index is 13.1. The minimum absolute atomic E-state index is 0.136. The molecule has 0 radical (unpaired) electrons. The van der Waals surface area contributed by atoms with E-state index in [2.05, 4.69) is 0 Å². The predicted molar refractivity (Wildman–Crippen MR) is 50.0 cm³/mol. The first-order chi connectivity index (χ1) is 6.81. The van der Waals surface area contributed by atoms with Crippen LogP contribution in [-0.4, -0.2) is 14.2 Å². The molecule has 84 valence electrons. The Balaban J connectivity index is 2.93. The van der Waals surface area contributed by atoms with E-state index in [0.717, 1.165) is 12.1 Å². The van der Waals surface area contributed by atoms with Crippen LogP contribution in [0.15, 0.2) is 12.1 Å². The van der Waals surface area contributed by atoms with Gasteiger partial charge in [0.2, 0.25) is 0 Å². The predicted octanol–water partition coefficient (Wildman–Crippen LogP) is 2.46. The molecule has 7 heteroatoms. The summed E-state index contributed by atoms with van der Waals surface area (Å²) in [7, 11) is -4.67. The molecule has 0 bridgehead atoms. The summed E-state index contributed by atoms with van der Waals surface area (Å²) in [5.41, 5.74) is -0.136. The van der Waals surface area contributed by atoms with Crippen LogP contribution >= 0.6 is 11.6 Å². The van der Waals surface area contributed by atoms with E-state index >= 15 is 0 Å². The van der Waals surface area contributed by atoms with E-state index < -0.39 is 32.6 Å². The summed E-state index contributed by atoms with van der Waals surface area (Å²) >= 11 is 5.24. The van der Waals surface area contributed by atoms with Gasteiger partial charge in [0.05, 0.1) is 5.75 Å². The molecule has 0 aliphatic carbocycles. The molecule has 0 aromatic heterocycles. The van der Waals surface area contributed by atoms with E-state index in [0.29, 0.717) is 0 Å². The molecule has 2 nitrogen and oxygen atoms in total. The molecule has 1 rings (SSSR count). The van der Waals surface area contributed by atoms with Gasteiger partial charge in [0.25, 0.3) is 0 Å². The fourth-order valence-corrected chi connectivity index (χ4v) is 1.64. The Morgan fingerprint density at radius 1 is 1.27 bits per heavy atom. The summed E-state index contributed by atoms with van der Waals surface area (Å²) in [4.78, 5) is 0. The molecule has 0 saturated heterocycles. The third kappa shape index (κ3) is 3.39. The van der Waals surface area contributed by atoms with Crippen molar-refractivity contribution in [3.8, 4) is 0 Å². The standard InChI is InChI=1S/C8H6ClF3O2S/c9-7-6(10)2-1-5(8(7)11)3-4-15(12,13)14/h1-2H,3-4H2. The Bertz CT molecular complexity index is 473. The Labute approximate surface area is 89.9 Å². The summed E-state index contributed by atoms with van der Waals surface area (Å²) in [6, 6.07) is 1.92. The molecule has 0 aliphatic heterocycles. The zero-order valence-electron chi connectivity index (χ0n) is 7.31. The van der Waals surface area contributed by atoms with Gasteiger partial charge in [-0.3, -0.25) is 0 Å². The summed E-state index contributed by atoms with van der Waals surface area (Å²) in [5.74, 6) is -2.85. The highest BCUT2D eigenvalue weighted by molar-refractivity contribution is 7.86. The highest BCUT2D eigenvalue weighted by atomic mass is 35.5. The number of halogens is 4. The van der Waals surface area contributed by atoms with Gasteiger partial charge < -0.3 is 0 Å². The van der Waals surface area contributed by atoms with E-state index in [4.69, 9.17) is 11.6 Å². The highest BCUT2D eigenvalue weighted by Crippen LogP contribution is 2.22. The molecular weight excluding hydrogens is 253 g/mol. The van der Waals surface area contributed by atoms with Crippen molar-refractivity contribution in [3.05, 3.63) is 34.4 Å². The quantitative estimate of drug-likeness (QED) is 0.616. The molecule has 1 aromatic carbocycles. The summed E-state index contributed by atoms with van der Waals surface area (Å²) in [5, 5.41) is -0.719. The molecule has 15 heavy (non-hydrogen) atoms. The second-order valence-corrected chi connectivity index (χ2v) is 4.69. The SMILES string of the molecule is O=S(=O)(F)CCc1ccc(F)c(Cl)c1F. The zero-order valence-corrected chi connectivity index (χ0v) is 8.88. The minimum atomic E-state index is -4.67. The summed E-state index contributed by atoms with van der Waals surface area (Å²) < 4.78 is 58.3. The molecule has 0 saturated carbocycles. The van der Waals surface area contributed by atoms with E-state index in [1.807, 2.05) is 0 Å². The Kier molecular flexibility index (Phi) is 3.62. The van der Waals surface area contributed by atoms with Crippen LogP contribution in [0.3, 0.4) is 0 Å². The molecule has 1 aromatic rings. The maximum Gasteiger partial charge on any atom is 0.302 e. The second-order valence-electron chi connectivity index (χ2n) is 2.83. The lowest BCUT2D eigenvalue weighted by molar-refractivity contribution is 0.549. The summed E-state index contributed by atoms with van der Waals surface area (Å²) in [6.07, 6.45) is -0.384. The fourth-order valence-electron chi connectivity index (χ4n) is 0.991. The lowest BCUT2D eigenvalue weighted by Gasteiger charge is -2.03. The van der Waals surface area contributed by atoms with Crippen molar-refractivity contribution in [1.82, 2.24) is 0 Å². The Morgan fingerprint density at radius 2 is 1.87 bits per heavy atom. The van der Waals surface area contributed by atoms with Crippen molar-refractivity contribution >= 4 is 21.8 Å². The molecule has 0 amide bonds. The van der Waals surface area contributed by atoms with Gasteiger partial charge in [0.1, 0.15) is 16.7 Å². The van der Waals surface area contributed by atoms with Crippen LogP contribution in [0.1, 0.15) is 5.56 Å². The van der Waals surface area contributed by atoms with Gasteiger partial charge in [-0.2, -0.15) is 8.42 Å². The molecule has 0 aliphatic rings. The van der Waals surface area contributed by atoms with Gasteiger partial charge in [-0.05, 0) is 18.1 Å². The third-order valence-corrected chi connectivity index (χ3v) is 2.77. The average Bonchev–Trinajstić information content (AvgIpc) is 2.12. The van der Waals surface area contributed by atoms with Crippen LogP contribution in [0.4, 0.5) is 12.7 Å². The molecular formula is C8H6ClF3O2S. The van der Waals surface area contributed by atoms with Gasteiger partial charge in [-0.1, -0.05) is 17.7 Å². The van der Waals surface area contributed by atoms with Crippen molar-refractivity contribution in [2.24, 2.45) is 0 Å². The van der Waals surface area contributed by atoms with E-state index in [-0.39, 0.29) is 12.0 Å². The van der Waals surface area contributed by atoms with E-state index in [1.54, 1.807) is 0 Å². The summed E-state index contributed by atoms with van der Waals surface area (Å²) in [6.45, 7) is 0. The van der Waals surface area contributed by atoms with E-state index in [1.165, 1.54) is 0 Å². The largest absolute Gasteiger partial charge is 0.302 e. The van der Waals surface area contributed by atoms with Crippen LogP contribution in [0.25, 0.3) is 0 Å². The van der Waals surface area contributed by atoms with Crippen molar-refractivity contribution in [2.75, 3.05) is 5.75 Å². The maximum atomic E-state index is 13.1. The average molecular weight is 259 g/mol. The van der Waals surface area contributed by atoms with Crippen LogP contribution in [0, 0.1) is 11.6 Å². The van der Waals surface area contributed by atoms with Crippen LogP contribution < -0.4 is 0 Å². The number of rotatable bonds is 3. The monoisotopic (exact) mass is 258 g/mol. The molecule has 0 spiro atoms. The van der Waals surface area contributed by atoms with Gasteiger partial charge in [0, 0.05) is 0 Å². The van der Waals surface area contributed by atoms with Crippen LogP contribution in [0.2, 0.25) is 5.02 Å². The van der Waals surface area contributed by atoms with Gasteiger partial charge in [-0.15, -0.1) is 3.89 Å². The minimum Gasteiger partial charge on any atom is -0.205 e. The number of aryl methyl sites for hydroxylation is 1. The van der Waals surface area contributed by atoms with Crippen LogP contribution in [0.5, 0.6) is 0 Å². The van der Waals surface area contributed by atoms with Crippen molar-refractivity contribution in [3.63, 3.8) is 0 Å². The molecule has 0 unspecified atom stereocenters. The molecule has 0 fully saturated rings. The Hall–Kier alpha value is -0.750. The van der Waals surface area contributed by atoms with E-state index in [9.17, 15) is 21.1 Å². The lowest BCUT2D eigenvalue weighted by atomic mass is 10.1. The van der Waals surface area contributed by atoms with Gasteiger partial charge in [-0.25, -0.2) is 8.78 Å².